The topological polar surface area (TPSA) is 12.0 Å². The van der Waals surface area contributed by atoms with E-state index < -0.39 is 0 Å². The first-order chi connectivity index (χ1) is 6.65. The second-order valence-electron chi connectivity index (χ2n) is 3.39. The van der Waals surface area contributed by atoms with Crippen LogP contribution in [0.15, 0.2) is 34.8 Å². The summed E-state index contributed by atoms with van der Waals surface area (Å²) in [7, 11) is 0. The molecule has 0 amide bonds. The normalized spacial score (nSPS) is 9.93. The molecule has 0 aliphatic heterocycles. The lowest BCUT2D eigenvalue weighted by Crippen LogP contribution is -2.04. The molecule has 14 heavy (non-hydrogen) atoms. The Hall–Kier alpha value is -0.760. The summed E-state index contributed by atoms with van der Waals surface area (Å²) in [5, 5.41) is 3.36. The maximum absolute atomic E-state index is 3.96. The number of rotatable bonds is 4. The molecule has 1 N–H and O–H groups in total. The Bertz CT molecular complexity index is 331. The third kappa shape index (κ3) is 2.88. The minimum atomic E-state index is 0.846. The van der Waals surface area contributed by atoms with Crippen molar-refractivity contribution in [2.45, 2.75) is 20.3 Å². The molecular weight excluding hydrogens is 238 g/mol. The number of benzene rings is 1. The van der Waals surface area contributed by atoms with E-state index in [0.717, 1.165) is 23.1 Å². The number of hydrogen-bond donors (Lipinski definition) is 1. The van der Waals surface area contributed by atoms with E-state index in [1.807, 2.05) is 0 Å². The van der Waals surface area contributed by atoms with Crippen molar-refractivity contribution in [1.82, 2.24) is 0 Å². The second kappa shape index (κ2) is 5.20. The van der Waals surface area contributed by atoms with Gasteiger partial charge in [0.2, 0.25) is 0 Å². The van der Waals surface area contributed by atoms with E-state index in [1.54, 1.807) is 0 Å². The monoisotopic (exact) mass is 253 g/mol. The molecule has 0 saturated carbocycles. The molecule has 2 heteroatoms. The summed E-state index contributed by atoms with van der Waals surface area (Å²) < 4.78 is 1.14. The predicted molar refractivity (Wildman–Crippen MR) is 66.8 cm³/mol. The van der Waals surface area contributed by atoms with Crippen LogP contribution in [0.3, 0.4) is 0 Å². The van der Waals surface area contributed by atoms with Crippen LogP contribution in [0.4, 0.5) is 5.69 Å². The first-order valence-electron chi connectivity index (χ1n) is 4.80. The summed E-state index contributed by atoms with van der Waals surface area (Å²) in [5.41, 5.74) is 3.61. The highest BCUT2D eigenvalue weighted by Gasteiger charge is 2.01. The van der Waals surface area contributed by atoms with Gasteiger partial charge >= 0.3 is 0 Å². The number of nitrogens with one attached hydrogen (secondary N) is 1. The van der Waals surface area contributed by atoms with Crippen molar-refractivity contribution in [3.63, 3.8) is 0 Å². The van der Waals surface area contributed by atoms with Crippen LogP contribution in [-0.4, -0.2) is 6.54 Å². The van der Waals surface area contributed by atoms with Gasteiger partial charge in [0.25, 0.3) is 0 Å². The zero-order chi connectivity index (χ0) is 10.6. The molecule has 1 aromatic carbocycles. The van der Waals surface area contributed by atoms with Crippen LogP contribution in [0.1, 0.15) is 18.9 Å². The van der Waals surface area contributed by atoms with E-state index >= 15 is 0 Å². The molecule has 1 rings (SSSR count). The van der Waals surface area contributed by atoms with Crippen LogP contribution in [0.2, 0.25) is 0 Å². The van der Waals surface area contributed by atoms with Crippen molar-refractivity contribution in [2.24, 2.45) is 0 Å². The van der Waals surface area contributed by atoms with Crippen LogP contribution >= 0.6 is 15.9 Å². The van der Waals surface area contributed by atoms with Crippen molar-refractivity contribution in [3.05, 3.63) is 40.4 Å². The molecule has 0 aromatic heterocycles. The summed E-state index contributed by atoms with van der Waals surface area (Å²) in [6.07, 6.45) is 1.02. The molecule has 0 unspecified atom stereocenters. The standard InChI is InChI=1S/C12H16BrN/c1-4-9(2)8-14-11-7-5-6-10(3)12(11)13/h5-7,14H,2,4,8H2,1,3H3. The molecule has 0 aliphatic rings. The van der Waals surface area contributed by atoms with Gasteiger partial charge in [-0.25, -0.2) is 0 Å². The largest absolute Gasteiger partial charge is 0.380 e. The van der Waals surface area contributed by atoms with E-state index in [0.29, 0.717) is 0 Å². The summed E-state index contributed by atoms with van der Waals surface area (Å²) in [4.78, 5) is 0. The summed E-state index contributed by atoms with van der Waals surface area (Å²) in [5.74, 6) is 0. The van der Waals surface area contributed by atoms with Gasteiger partial charge in [-0.05, 0) is 40.9 Å². The van der Waals surface area contributed by atoms with Crippen molar-refractivity contribution in [3.8, 4) is 0 Å². The Labute approximate surface area is 94.3 Å². The Morgan fingerprint density at radius 1 is 1.50 bits per heavy atom. The van der Waals surface area contributed by atoms with Gasteiger partial charge in [0.05, 0.1) is 0 Å². The molecule has 0 saturated heterocycles. The van der Waals surface area contributed by atoms with Crippen LogP contribution in [0.5, 0.6) is 0 Å². The van der Waals surface area contributed by atoms with Gasteiger partial charge in [-0.1, -0.05) is 31.2 Å². The highest BCUT2D eigenvalue weighted by Crippen LogP contribution is 2.25. The minimum absolute atomic E-state index is 0.846. The first-order valence-corrected chi connectivity index (χ1v) is 5.60. The third-order valence-corrected chi connectivity index (χ3v) is 3.27. The van der Waals surface area contributed by atoms with Crippen LogP contribution in [0.25, 0.3) is 0 Å². The Kier molecular flexibility index (Phi) is 4.21. The average Bonchev–Trinajstić information content (AvgIpc) is 2.20. The maximum atomic E-state index is 3.96. The van der Waals surface area contributed by atoms with Crippen LogP contribution in [0, 0.1) is 6.92 Å². The van der Waals surface area contributed by atoms with Gasteiger partial charge in [-0.15, -0.1) is 0 Å². The fraction of sp³-hybridized carbons (Fsp3) is 0.333. The fourth-order valence-electron chi connectivity index (χ4n) is 1.13. The molecule has 0 aliphatic carbocycles. The quantitative estimate of drug-likeness (QED) is 0.796. The molecule has 76 valence electrons. The first kappa shape index (κ1) is 11.3. The lowest BCUT2D eigenvalue weighted by atomic mass is 10.2. The fourth-order valence-corrected chi connectivity index (χ4v) is 1.53. The van der Waals surface area contributed by atoms with Crippen LogP contribution in [-0.2, 0) is 0 Å². The van der Waals surface area contributed by atoms with Gasteiger partial charge in [0.1, 0.15) is 0 Å². The summed E-state index contributed by atoms with van der Waals surface area (Å²) in [6, 6.07) is 6.21. The Morgan fingerprint density at radius 3 is 2.86 bits per heavy atom. The van der Waals surface area contributed by atoms with Crippen molar-refractivity contribution in [1.29, 1.82) is 0 Å². The maximum Gasteiger partial charge on any atom is 0.0489 e. The Balaban J connectivity index is 2.68. The lowest BCUT2D eigenvalue weighted by Gasteiger charge is -2.10. The number of anilines is 1. The van der Waals surface area contributed by atoms with E-state index in [2.05, 4.69) is 59.9 Å². The van der Waals surface area contributed by atoms with E-state index in [1.165, 1.54) is 11.1 Å². The lowest BCUT2D eigenvalue weighted by molar-refractivity contribution is 1.05. The van der Waals surface area contributed by atoms with E-state index in [9.17, 15) is 0 Å². The van der Waals surface area contributed by atoms with Gasteiger partial charge in [-0.3, -0.25) is 0 Å². The molecule has 1 nitrogen and oxygen atoms in total. The van der Waals surface area contributed by atoms with Gasteiger partial charge in [-0.2, -0.15) is 0 Å². The molecule has 0 bridgehead atoms. The molecule has 0 fully saturated rings. The van der Waals surface area contributed by atoms with Crippen molar-refractivity contribution in [2.75, 3.05) is 11.9 Å². The highest BCUT2D eigenvalue weighted by molar-refractivity contribution is 9.10. The van der Waals surface area contributed by atoms with Gasteiger partial charge < -0.3 is 5.32 Å². The van der Waals surface area contributed by atoms with Gasteiger partial charge in [0, 0.05) is 16.7 Å². The van der Waals surface area contributed by atoms with Crippen molar-refractivity contribution >= 4 is 21.6 Å². The van der Waals surface area contributed by atoms with E-state index in [-0.39, 0.29) is 0 Å². The average molecular weight is 254 g/mol. The molecule has 0 atom stereocenters. The zero-order valence-electron chi connectivity index (χ0n) is 8.73. The Morgan fingerprint density at radius 2 is 2.21 bits per heavy atom. The summed E-state index contributed by atoms with van der Waals surface area (Å²) in [6.45, 7) is 9.02. The highest BCUT2D eigenvalue weighted by atomic mass is 79.9. The molecular formula is C12H16BrN. The number of aryl methyl sites for hydroxylation is 1. The van der Waals surface area contributed by atoms with E-state index in [4.69, 9.17) is 0 Å². The molecule has 0 heterocycles. The van der Waals surface area contributed by atoms with Crippen molar-refractivity contribution < 1.29 is 0 Å². The predicted octanol–water partition coefficient (Wildman–Crippen LogP) is 4.14. The number of halogens is 1. The zero-order valence-corrected chi connectivity index (χ0v) is 10.3. The summed E-state index contributed by atoms with van der Waals surface area (Å²) >= 11 is 3.56. The third-order valence-electron chi connectivity index (χ3n) is 2.22. The van der Waals surface area contributed by atoms with Gasteiger partial charge in [0.15, 0.2) is 0 Å². The van der Waals surface area contributed by atoms with Crippen LogP contribution < -0.4 is 5.32 Å². The molecule has 0 radical (unpaired) electrons. The number of hydrogen-bond acceptors (Lipinski definition) is 1. The molecule has 1 aromatic rings. The minimum Gasteiger partial charge on any atom is -0.380 e. The smallest absolute Gasteiger partial charge is 0.0489 e. The second-order valence-corrected chi connectivity index (χ2v) is 4.19. The SMILES string of the molecule is C=C(CC)CNc1cccc(C)c1Br. The molecule has 0 spiro atoms.